The summed E-state index contributed by atoms with van der Waals surface area (Å²) in [4.78, 5) is 10.6. The summed E-state index contributed by atoms with van der Waals surface area (Å²) in [6.45, 7) is 3.72. The number of carbonyl (C=O) groups excluding carboxylic acids is 1. The van der Waals surface area contributed by atoms with Gasteiger partial charge in [-0.05, 0) is 25.7 Å². The van der Waals surface area contributed by atoms with Crippen LogP contribution in [0.25, 0.3) is 0 Å². The molecule has 0 saturated heterocycles. The number of methoxy groups -OCH3 is 1. The van der Waals surface area contributed by atoms with E-state index >= 15 is 0 Å². The standard InChI is InChI=1S/C10H17O2/c1-3-4-5-6-7-8-9-10(11)12-2/h5-6H,1,3-4,7-9H2,2H3. The fourth-order valence-corrected chi connectivity index (χ4v) is 0.820. The molecule has 1 radical (unpaired) electrons. The maximum absolute atomic E-state index is 10.6. The van der Waals surface area contributed by atoms with E-state index in [1.165, 1.54) is 7.11 Å². The molecule has 0 bridgehead atoms. The zero-order valence-electron chi connectivity index (χ0n) is 7.71. The molecule has 2 heteroatoms. The van der Waals surface area contributed by atoms with Crippen LogP contribution in [0.1, 0.15) is 32.1 Å². The first-order valence-corrected chi connectivity index (χ1v) is 4.32. The second-order valence-electron chi connectivity index (χ2n) is 2.58. The summed E-state index contributed by atoms with van der Waals surface area (Å²) in [5.41, 5.74) is 0. The van der Waals surface area contributed by atoms with E-state index in [9.17, 15) is 4.79 Å². The van der Waals surface area contributed by atoms with Gasteiger partial charge in [0.25, 0.3) is 0 Å². The molecule has 0 aliphatic heterocycles. The average Bonchev–Trinajstić information content (AvgIpc) is 2.10. The van der Waals surface area contributed by atoms with Crippen LogP contribution in [0.5, 0.6) is 0 Å². The van der Waals surface area contributed by atoms with Crippen LogP contribution in [0.2, 0.25) is 0 Å². The van der Waals surface area contributed by atoms with Gasteiger partial charge in [-0.15, -0.1) is 0 Å². The van der Waals surface area contributed by atoms with Crippen molar-refractivity contribution in [3.63, 3.8) is 0 Å². The third kappa shape index (κ3) is 7.32. The number of ether oxygens (including phenoxy) is 1. The van der Waals surface area contributed by atoms with Crippen molar-refractivity contribution in [1.29, 1.82) is 0 Å². The Labute approximate surface area is 74.6 Å². The van der Waals surface area contributed by atoms with E-state index in [2.05, 4.69) is 23.8 Å². The van der Waals surface area contributed by atoms with Crippen molar-refractivity contribution in [3.05, 3.63) is 19.1 Å². The number of esters is 1. The normalized spacial score (nSPS) is 10.5. The molecular weight excluding hydrogens is 152 g/mol. The molecule has 0 aliphatic carbocycles. The highest BCUT2D eigenvalue weighted by Crippen LogP contribution is 1.99. The molecule has 0 unspecified atom stereocenters. The van der Waals surface area contributed by atoms with Crippen molar-refractivity contribution in [2.45, 2.75) is 32.1 Å². The third-order valence-corrected chi connectivity index (χ3v) is 1.52. The van der Waals surface area contributed by atoms with Gasteiger partial charge in [-0.2, -0.15) is 0 Å². The highest BCUT2D eigenvalue weighted by Gasteiger charge is 1.96. The van der Waals surface area contributed by atoms with Crippen LogP contribution < -0.4 is 0 Å². The summed E-state index contributed by atoms with van der Waals surface area (Å²) in [5, 5.41) is 0. The van der Waals surface area contributed by atoms with E-state index in [1.54, 1.807) is 0 Å². The summed E-state index contributed by atoms with van der Waals surface area (Å²) in [6, 6.07) is 0. The lowest BCUT2D eigenvalue weighted by molar-refractivity contribution is -0.140. The zero-order valence-corrected chi connectivity index (χ0v) is 7.71. The molecule has 0 aromatic carbocycles. The zero-order chi connectivity index (χ0) is 9.23. The van der Waals surface area contributed by atoms with Crippen molar-refractivity contribution in [1.82, 2.24) is 0 Å². The number of carbonyl (C=O) groups is 1. The van der Waals surface area contributed by atoms with Crippen LogP contribution in [0.3, 0.4) is 0 Å². The molecule has 0 heterocycles. The van der Waals surface area contributed by atoms with Gasteiger partial charge in [0.15, 0.2) is 0 Å². The molecule has 0 N–H and O–H groups in total. The Bertz CT molecular complexity index is 139. The minimum absolute atomic E-state index is 0.124. The molecule has 0 rings (SSSR count). The fourth-order valence-electron chi connectivity index (χ4n) is 0.820. The summed E-state index contributed by atoms with van der Waals surface area (Å²) >= 11 is 0. The predicted molar refractivity (Wildman–Crippen MR) is 49.6 cm³/mol. The lowest BCUT2D eigenvalue weighted by Crippen LogP contribution is -1.98. The van der Waals surface area contributed by atoms with Crippen molar-refractivity contribution >= 4 is 5.97 Å². The Morgan fingerprint density at radius 1 is 1.42 bits per heavy atom. The highest BCUT2D eigenvalue weighted by atomic mass is 16.5. The number of hydrogen-bond acceptors (Lipinski definition) is 2. The first-order valence-electron chi connectivity index (χ1n) is 4.32. The minimum atomic E-state index is -0.124. The Morgan fingerprint density at radius 3 is 2.67 bits per heavy atom. The van der Waals surface area contributed by atoms with Gasteiger partial charge in [-0.3, -0.25) is 4.79 Å². The summed E-state index contributed by atoms with van der Waals surface area (Å²) < 4.78 is 4.50. The fraction of sp³-hybridized carbons (Fsp3) is 0.600. The van der Waals surface area contributed by atoms with E-state index in [1.807, 2.05) is 0 Å². The monoisotopic (exact) mass is 169 g/mol. The molecule has 0 atom stereocenters. The molecule has 0 aromatic heterocycles. The molecule has 0 amide bonds. The molecule has 0 saturated carbocycles. The largest absolute Gasteiger partial charge is 0.469 e. The SMILES string of the molecule is [CH2]CCC=CCCCC(=O)OC. The molecular formula is C10H17O2. The van der Waals surface area contributed by atoms with Crippen molar-refractivity contribution in [2.75, 3.05) is 7.11 Å². The molecule has 2 nitrogen and oxygen atoms in total. The van der Waals surface area contributed by atoms with Crippen LogP contribution in [0, 0.1) is 6.92 Å². The summed E-state index contributed by atoms with van der Waals surface area (Å²) in [7, 11) is 1.42. The highest BCUT2D eigenvalue weighted by molar-refractivity contribution is 5.68. The minimum Gasteiger partial charge on any atom is -0.469 e. The van der Waals surface area contributed by atoms with Crippen molar-refractivity contribution in [2.24, 2.45) is 0 Å². The number of hydrogen-bond donors (Lipinski definition) is 0. The van der Waals surface area contributed by atoms with E-state index in [0.717, 1.165) is 25.7 Å². The molecule has 12 heavy (non-hydrogen) atoms. The number of unbranched alkanes of at least 4 members (excludes halogenated alkanes) is 2. The number of rotatable bonds is 6. The van der Waals surface area contributed by atoms with E-state index in [-0.39, 0.29) is 5.97 Å². The summed E-state index contributed by atoms with van der Waals surface area (Å²) in [5.74, 6) is -0.124. The lowest BCUT2D eigenvalue weighted by Gasteiger charge is -1.95. The van der Waals surface area contributed by atoms with E-state index < -0.39 is 0 Å². The van der Waals surface area contributed by atoms with E-state index in [4.69, 9.17) is 0 Å². The van der Waals surface area contributed by atoms with Crippen LogP contribution in [0.15, 0.2) is 12.2 Å². The Kier molecular flexibility index (Phi) is 7.76. The molecule has 0 aromatic rings. The average molecular weight is 169 g/mol. The number of allylic oxidation sites excluding steroid dienone is 2. The van der Waals surface area contributed by atoms with Gasteiger partial charge in [0.2, 0.25) is 0 Å². The van der Waals surface area contributed by atoms with Crippen molar-refractivity contribution in [3.8, 4) is 0 Å². The van der Waals surface area contributed by atoms with Crippen LogP contribution in [0.4, 0.5) is 0 Å². The quantitative estimate of drug-likeness (QED) is 0.347. The van der Waals surface area contributed by atoms with Gasteiger partial charge in [0.1, 0.15) is 0 Å². The van der Waals surface area contributed by atoms with Crippen LogP contribution in [-0.4, -0.2) is 13.1 Å². The lowest BCUT2D eigenvalue weighted by atomic mass is 10.2. The third-order valence-electron chi connectivity index (χ3n) is 1.52. The molecule has 0 fully saturated rings. The smallest absolute Gasteiger partial charge is 0.305 e. The predicted octanol–water partition coefficient (Wildman–Crippen LogP) is 2.50. The maximum Gasteiger partial charge on any atom is 0.305 e. The second-order valence-corrected chi connectivity index (χ2v) is 2.58. The Morgan fingerprint density at radius 2 is 2.08 bits per heavy atom. The van der Waals surface area contributed by atoms with Gasteiger partial charge >= 0.3 is 5.97 Å². The Hall–Kier alpha value is -0.790. The first-order chi connectivity index (χ1) is 5.81. The van der Waals surface area contributed by atoms with Crippen molar-refractivity contribution < 1.29 is 9.53 Å². The van der Waals surface area contributed by atoms with Gasteiger partial charge in [0.05, 0.1) is 7.11 Å². The van der Waals surface area contributed by atoms with Crippen LogP contribution >= 0.6 is 0 Å². The van der Waals surface area contributed by atoms with Gasteiger partial charge in [0, 0.05) is 6.42 Å². The van der Waals surface area contributed by atoms with E-state index in [0.29, 0.717) is 6.42 Å². The van der Waals surface area contributed by atoms with Crippen LogP contribution in [-0.2, 0) is 9.53 Å². The maximum atomic E-state index is 10.6. The first kappa shape index (κ1) is 11.2. The summed E-state index contributed by atoms with van der Waals surface area (Å²) in [6.07, 6.45) is 8.50. The molecule has 0 spiro atoms. The van der Waals surface area contributed by atoms with Gasteiger partial charge in [-0.1, -0.05) is 19.1 Å². The second kappa shape index (κ2) is 8.31. The topological polar surface area (TPSA) is 26.3 Å². The Balaban J connectivity index is 3.15. The molecule has 0 aliphatic rings. The van der Waals surface area contributed by atoms with Gasteiger partial charge in [-0.25, -0.2) is 0 Å². The molecule has 69 valence electrons. The van der Waals surface area contributed by atoms with Gasteiger partial charge < -0.3 is 4.74 Å².